The van der Waals surface area contributed by atoms with E-state index in [9.17, 15) is 4.79 Å². The predicted octanol–water partition coefficient (Wildman–Crippen LogP) is 4.07. The van der Waals surface area contributed by atoms with E-state index in [0.29, 0.717) is 57.1 Å². The van der Waals surface area contributed by atoms with Gasteiger partial charge in [-0.15, -0.1) is 0 Å². The molecule has 0 radical (unpaired) electrons. The molecule has 0 aliphatic rings. The number of methoxy groups -OCH3 is 5. The minimum Gasteiger partial charge on any atom is -0.497 e. The maximum absolute atomic E-state index is 12.7. The molecule has 3 rings (SSSR count). The molecule has 2 aromatic carbocycles. The van der Waals surface area contributed by atoms with Gasteiger partial charge in [0.2, 0.25) is 5.75 Å². The Morgan fingerprint density at radius 1 is 0.812 bits per heavy atom. The van der Waals surface area contributed by atoms with Crippen LogP contribution in [0.1, 0.15) is 5.69 Å². The molecular weight excluding hydrogens is 416 g/mol. The van der Waals surface area contributed by atoms with Crippen LogP contribution in [0.2, 0.25) is 0 Å². The third-order valence-electron chi connectivity index (χ3n) is 4.73. The number of nitrogens with one attached hydrogen (secondary N) is 3. The minimum atomic E-state index is -0.460. The molecule has 32 heavy (non-hydrogen) atoms. The summed E-state index contributed by atoms with van der Waals surface area (Å²) in [4.78, 5) is 12.7. The summed E-state index contributed by atoms with van der Waals surface area (Å²) in [7, 11) is 7.68. The van der Waals surface area contributed by atoms with Gasteiger partial charge in [-0.25, -0.2) is 4.79 Å². The summed E-state index contributed by atoms with van der Waals surface area (Å²) in [5.74, 6) is 2.52. The molecule has 0 bridgehead atoms. The van der Waals surface area contributed by atoms with Crippen molar-refractivity contribution in [2.45, 2.75) is 6.92 Å². The van der Waals surface area contributed by atoms with E-state index in [1.165, 1.54) is 35.5 Å². The average Bonchev–Trinajstić information content (AvgIpc) is 3.17. The highest BCUT2D eigenvalue weighted by Gasteiger charge is 2.20. The largest absolute Gasteiger partial charge is 0.497 e. The van der Waals surface area contributed by atoms with Crippen molar-refractivity contribution in [3.63, 3.8) is 0 Å². The number of ether oxygens (including phenoxy) is 5. The molecule has 10 heteroatoms. The summed E-state index contributed by atoms with van der Waals surface area (Å²) in [6, 6.07) is 8.14. The van der Waals surface area contributed by atoms with Crippen molar-refractivity contribution in [1.29, 1.82) is 0 Å². The Kier molecular flexibility index (Phi) is 6.93. The van der Waals surface area contributed by atoms with Gasteiger partial charge in [0, 0.05) is 29.4 Å². The number of carbonyl (C=O) groups is 1. The first kappa shape index (κ1) is 22.6. The van der Waals surface area contributed by atoms with E-state index >= 15 is 0 Å². The van der Waals surface area contributed by atoms with Crippen LogP contribution in [0.3, 0.4) is 0 Å². The van der Waals surface area contributed by atoms with Gasteiger partial charge in [-0.05, 0) is 19.1 Å². The van der Waals surface area contributed by atoms with Crippen LogP contribution in [-0.2, 0) is 0 Å². The highest BCUT2D eigenvalue weighted by Crippen LogP contribution is 2.42. The number of aromatic nitrogens is 2. The summed E-state index contributed by atoms with van der Waals surface area (Å²) >= 11 is 0. The number of benzene rings is 2. The van der Waals surface area contributed by atoms with Crippen molar-refractivity contribution in [3.8, 4) is 40.0 Å². The van der Waals surface area contributed by atoms with Gasteiger partial charge in [-0.1, -0.05) is 0 Å². The number of hydrogen-bond acceptors (Lipinski definition) is 7. The Balaban J connectivity index is 1.91. The molecule has 0 unspecified atom stereocenters. The topological polar surface area (TPSA) is 116 Å². The van der Waals surface area contributed by atoms with Gasteiger partial charge in [-0.2, -0.15) is 5.10 Å². The van der Waals surface area contributed by atoms with E-state index < -0.39 is 6.03 Å². The SMILES string of the molecule is COc1cc(NC(=O)Nc2c(-c3cc(OC)c(OC)c(OC)c3)n[nH]c2C)cc(OC)c1. The van der Waals surface area contributed by atoms with Crippen LogP contribution >= 0.6 is 0 Å². The van der Waals surface area contributed by atoms with Crippen LogP contribution in [0.25, 0.3) is 11.3 Å². The second-order valence-corrected chi connectivity index (χ2v) is 6.67. The molecule has 1 heterocycles. The van der Waals surface area contributed by atoms with Crippen molar-refractivity contribution in [2.75, 3.05) is 46.2 Å². The molecule has 1 aromatic heterocycles. The van der Waals surface area contributed by atoms with Crippen LogP contribution in [-0.4, -0.2) is 51.8 Å². The lowest BCUT2D eigenvalue weighted by atomic mass is 10.1. The van der Waals surface area contributed by atoms with Crippen LogP contribution in [0.4, 0.5) is 16.2 Å². The smallest absolute Gasteiger partial charge is 0.323 e. The fourth-order valence-corrected chi connectivity index (χ4v) is 3.16. The summed E-state index contributed by atoms with van der Waals surface area (Å²) < 4.78 is 26.7. The maximum Gasteiger partial charge on any atom is 0.323 e. The lowest BCUT2D eigenvalue weighted by molar-refractivity contribution is 0.262. The molecule has 0 aliphatic heterocycles. The van der Waals surface area contributed by atoms with Crippen molar-refractivity contribution in [3.05, 3.63) is 36.0 Å². The first-order valence-electron chi connectivity index (χ1n) is 9.60. The van der Waals surface area contributed by atoms with Crippen LogP contribution in [0.5, 0.6) is 28.7 Å². The van der Waals surface area contributed by atoms with Crippen molar-refractivity contribution in [2.24, 2.45) is 0 Å². The molecule has 10 nitrogen and oxygen atoms in total. The second kappa shape index (κ2) is 9.82. The maximum atomic E-state index is 12.7. The Morgan fingerprint density at radius 2 is 1.41 bits per heavy atom. The Labute approximate surface area is 185 Å². The summed E-state index contributed by atoms with van der Waals surface area (Å²) in [6.07, 6.45) is 0. The predicted molar refractivity (Wildman–Crippen MR) is 121 cm³/mol. The molecule has 3 N–H and O–H groups in total. The molecule has 170 valence electrons. The zero-order valence-corrected chi connectivity index (χ0v) is 18.8. The molecular formula is C22H26N4O6. The first-order chi connectivity index (χ1) is 15.4. The molecule has 0 saturated carbocycles. The van der Waals surface area contributed by atoms with Crippen molar-refractivity contribution in [1.82, 2.24) is 10.2 Å². The zero-order valence-electron chi connectivity index (χ0n) is 18.8. The van der Waals surface area contributed by atoms with E-state index in [4.69, 9.17) is 23.7 Å². The molecule has 0 fully saturated rings. The fourth-order valence-electron chi connectivity index (χ4n) is 3.16. The third kappa shape index (κ3) is 4.64. The monoisotopic (exact) mass is 442 g/mol. The zero-order chi connectivity index (χ0) is 23.3. The van der Waals surface area contributed by atoms with Gasteiger partial charge >= 0.3 is 6.03 Å². The molecule has 0 aliphatic carbocycles. The molecule has 2 amide bonds. The van der Waals surface area contributed by atoms with Crippen LogP contribution in [0.15, 0.2) is 30.3 Å². The van der Waals surface area contributed by atoms with E-state index in [0.717, 1.165) is 0 Å². The summed E-state index contributed by atoms with van der Waals surface area (Å²) in [6.45, 7) is 1.80. The molecule has 0 atom stereocenters. The minimum absolute atomic E-state index is 0.460. The highest BCUT2D eigenvalue weighted by molar-refractivity contribution is 6.02. The number of anilines is 2. The van der Waals surface area contributed by atoms with E-state index in [1.54, 1.807) is 37.3 Å². The number of nitrogens with zero attached hydrogens (tertiary/aromatic N) is 1. The lowest BCUT2D eigenvalue weighted by Gasteiger charge is -2.14. The van der Waals surface area contributed by atoms with Gasteiger partial charge in [0.15, 0.2) is 11.5 Å². The van der Waals surface area contributed by atoms with E-state index in [1.807, 2.05) is 0 Å². The van der Waals surface area contributed by atoms with Gasteiger partial charge in [0.05, 0.1) is 46.9 Å². The number of urea groups is 1. The van der Waals surface area contributed by atoms with Crippen molar-refractivity contribution >= 4 is 17.4 Å². The Morgan fingerprint density at radius 3 is 1.91 bits per heavy atom. The molecule has 0 spiro atoms. The summed E-state index contributed by atoms with van der Waals surface area (Å²) in [5.41, 5.74) is 2.87. The average molecular weight is 442 g/mol. The quantitative estimate of drug-likeness (QED) is 0.481. The van der Waals surface area contributed by atoms with Crippen LogP contribution in [0, 0.1) is 6.92 Å². The standard InChI is InChI=1S/C22H26N4O6/c1-12-19(24-22(27)23-14-9-15(28-2)11-16(10-14)29-3)20(26-25-12)13-7-17(30-4)21(32-6)18(8-13)31-5/h7-11H,1-6H3,(H,25,26)(H2,23,24,27). The first-order valence-corrected chi connectivity index (χ1v) is 9.60. The van der Waals surface area contributed by atoms with Gasteiger partial charge in [0.25, 0.3) is 0 Å². The number of rotatable bonds is 8. The number of aromatic amines is 1. The van der Waals surface area contributed by atoms with E-state index in [-0.39, 0.29) is 0 Å². The number of amides is 2. The number of H-pyrrole nitrogens is 1. The fraction of sp³-hybridized carbons (Fsp3) is 0.273. The molecule has 0 saturated heterocycles. The number of carbonyl (C=O) groups excluding carboxylic acids is 1. The Hall–Kier alpha value is -4.08. The Bertz CT molecular complexity index is 1060. The second-order valence-electron chi connectivity index (χ2n) is 6.67. The van der Waals surface area contributed by atoms with Gasteiger partial charge in [-0.3, -0.25) is 5.10 Å². The van der Waals surface area contributed by atoms with Gasteiger partial charge < -0.3 is 34.3 Å². The lowest BCUT2D eigenvalue weighted by Crippen LogP contribution is -2.20. The van der Waals surface area contributed by atoms with Crippen LogP contribution < -0.4 is 34.3 Å². The normalized spacial score (nSPS) is 10.3. The van der Waals surface area contributed by atoms with Gasteiger partial charge in [0.1, 0.15) is 17.2 Å². The molecule has 3 aromatic rings. The van der Waals surface area contributed by atoms with E-state index in [2.05, 4.69) is 20.8 Å². The third-order valence-corrected chi connectivity index (χ3v) is 4.73. The van der Waals surface area contributed by atoms with Crippen molar-refractivity contribution < 1.29 is 28.5 Å². The number of aryl methyl sites for hydroxylation is 1. The number of hydrogen-bond donors (Lipinski definition) is 3. The summed E-state index contributed by atoms with van der Waals surface area (Å²) in [5, 5.41) is 12.9. The highest BCUT2D eigenvalue weighted by atomic mass is 16.5.